The van der Waals surface area contributed by atoms with E-state index in [1.165, 1.54) is 0 Å². The van der Waals surface area contributed by atoms with Crippen LogP contribution in [0.3, 0.4) is 0 Å². The van der Waals surface area contributed by atoms with Crippen LogP contribution in [0.25, 0.3) is 0 Å². The van der Waals surface area contributed by atoms with Crippen LogP contribution in [0.2, 0.25) is 0 Å². The summed E-state index contributed by atoms with van der Waals surface area (Å²) < 4.78 is 0. The Morgan fingerprint density at radius 2 is 2.23 bits per heavy atom. The van der Waals surface area contributed by atoms with Crippen molar-refractivity contribution in [3.05, 3.63) is 18.2 Å². The van der Waals surface area contributed by atoms with Crippen LogP contribution in [-0.4, -0.2) is 16.0 Å². The first-order valence-corrected chi connectivity index (χ1v) is 4.70. The van der Waals surface area contributed by atoms with Gasteiger partial charge < -0.3 is 10.7 Å². The van der Waals surface area contributed by atoms with Crippen LogP contribution in [-0.2, 0) is 6.42 Å². The van der Waals surface area contributed by atoms with Crippen molar-refractivity contribution in [2.24, 2.45) is 11.1 Å². The summed E-state index contributed by atoms with van der Waals surface area (Å²) in [7, 11) is 0. The molecule has 1 aromatic heterocycles. The Morgan fingerprint density at radius 3 is 2.69 bits per heavy atom. The Kier molecular flexibility index (Phi) is 3.09. The van der Waals surface area contributed by atoms with Crippen LogP contribution in [0.1, 0.15) is 32.9 Å². The average molecular weight is 181 g/mol. The minimum atomic E-state index is 0.223. The molecule has 0 amide bonds. The van der Waals surface area contributed by atoms with E-state index in [9.17, 15) is 0 Å². The fourth-order valence-corrected chi connectivity index (χ4v) is 1.54. The molecule has 3 N–H and O–H groups in total. The van der Waals surface area contributed by atoms with Crippen molar-refractivity contribution < 1.29 is 0 Å². The molecule has 0 aliphatic carbocycles. The standard InChI is InChI=1S/C10H19N3/c1-10(2,3)5-8(11)4-9-6-12-7-13-9/h6-8H,4-5,11H2,1-3H3,(H,12,13)/t8-/m0/s1. The smallest absolute Gasteiger partial charge is 0.0921 e. The number of hydrogen-bond donors (Lipinski definition) is 2. The van der Waals surface area contributed by atoms with Crippen molar-refractivity contribution in [2.45, 2.75) is 39.7 Å². The van der Waals surface area contributed by atoms with Gasteiger partial charge in [-0.3, -0.25) is 0 Å². The van der Waals surface area contributed by atoms with E-state index in [-0.39, 0.29) is 6.04 Å². The maximum absolute atomic E-state index is 6.00. The number of nitrogens with two attached hydrogens (primary N) is 1. The second-order valence-corrected chi connectivity index (χ2v) is 4.81. The number of aromatic amines is 1. The first-order valence-electron chi connectivity index (χ1n) is 4.70. The van der Waals surface area contributed by atoms with E-state index < -0.39 is 0 Å². The Morgan fingerprint density at radius 1 is 1.54 bits per heavy atom. The fraction of sp³-hybridized carbons (Fsp3) is 0.700. The third-order valence-corrected chi connectivity index (χ3v) is 1.91. The van der Waals surface area contributed by atoms with Gasteiger partial charge in [0.2, 0.25) is 0 Å². The first-order chi connectivity index (χ1) is 5.97. The highest BCUT2D eigenvalue weighted by Crippen LogP contribution is 2.20. The van der Waals surface area contributed by atoms with E-state index in [1.807, 2.05) is 6.20 Å². The number of H-pyrrole nitrogens is 1. The molecule has 0 aromatic carbocycles. The van der Waals surface area contributed by atoms with Gasteiger partial charge in [-0.15, -0.1) is 0 Å². The molecule has 0 bridgehead atoms. The van der Waals surface area contributed by atoms with Gasteiger partial charge in [0.1, 0.15) is 0 Å². The summed E-state index contributed by atoms with van der Waals surface area (Å²) in [6, 6.07) is 0.223. The zero-order chi connectivity index (χ0) is 9.90. The lowest BCUT2D eigenvalue weighted by molar-refractivity contribution is 0.337. The van der Waals surface area contributed by atoms with Crippen LogP contribution >= 0.6 is 0 Å². The Hall–Kier alpha value is -0.830. The van der Waals surface area contributed by atoms with E-state index in [4.69, 9.17) is 5.73 Å². The number of aromatic nitrogens is 2. The van der Waals surface area contributed by atoms with Crippen molar-refractivity contribution in [1.29, 1.82) is 0 Å². The van der Waals surface area contributed by atoms with Gasteiger partial charge in [0.05, 0.1) is 6.33 Å². The molecule has 0 fully saturated rings. The number of nitrogens with zero attached hydrogens (tertiary/aromatic N) is 1. The average Bonchev–Trinajstić information content (AvgIpc) is 2.34. The largest absolute Gasteiger partial charge is 0.348 e. The SMILES string of the molecule is CC(C)(C)C[C@@H](N)Cc1cnc[nH]1. The van der Waals surface area contributed by atoms with Gasteiger partial charge >= 0.3 is 0 Å². The van der Waals surface area contributed by atoms with Crippen LogP contribution in [0, 0.1) is 5.41 Å². The molecular formula is C10H19N3. The zero-order valence-corrected chi connectivity index (χ0v) is 8.67. The fourth-order valence-electron chi connectivity index (χ4n) is 1.54. The molecule has 0 spiro atoms. The van der Waals surface area contributed by atoms with Gasteiger partial charge in [0.25, 0.3) is 0 Å². The molecule has 1 aromatic rings. The molecule has 1 heterocycles. The molecule has 1 rings (SSSR count). The molecule has 0 unspecified atom stereocenters. The van der Waals surface area contributed by atoms with Crippen LogP contribution in [0.15, 0.2) is 12.5 Å². The van der Waals surface area contributed by atoms with Gasteiger partial charge in [-0.05, 0) is 11.8 Å². The van der Waals surface area contributed by atoms with Gasteiger partial charge in [-0.2, -0.15) is 0 Å². The summed E-state index contributed by atoms with van der Waals surface area (Å²) in [6.07, 6.45) is 5.45. The van der Waals surface area contributed by atoms with Gasteiger partial charge in [-0.25, -0.2) is 4.98 Å². The summed E-state index contributed by atoms with van der Waals surface area (Å²) in [5.41, 5.74) is 7.43. The molecule has 3 heteroatoms. The summed E-state index contributed by atoms with van der Waals surface area (Å²) in [4.78, 5) is 7.02. The number of imidazole rings is 1. The van der Waals surface area contributed by atoms with Crippen molar-refractivity contribution in [3.63, 3.8) is 0 Å². The third kappa shape index (κ3) is 4.08. The van der Waals surface area contributed by atoms with E-state index in [2.05, 4.69) is 30.7 Å². The van der Waals surface area contributed by atoms with Crippen LogP contribution in [0.5, 0.6) is 0 Å². The lowest BCUT2D eigenvalue weighted by atomic mass is 9.87. The van der Waals surface area contributed by atoms with Crippen molar-refractivity contribution in [2.75, 3.05) is 0 Å². The minimum Gasteiger partial charge on any atom is -0.348 e. The number of hydrogen-bond acceptors (Lipinski definition) is 2. The lowest BCUT2D eigenvalue weighted by Gasteiger charge is -2.22. The van der Waals surface area contributed by atoms with Crippen molar-refractivity contribution in [3.8, 4) is 0 Å². The highest BCUT2D eigenvalue weighted by molar-refractivity contribution is 4.97. The molecule has 13 heavy (non-hydrogen) atoms. The maximum Gasteiger partial charge on any atom is 0.0921 e. The molecule has 0 aliphatic rings. The minimum absolute atomic E-state index is 0.223. The molecule has 3 nitrogen and oxygen atoms in total. The third-order valence-electron chi connectivity index (χ3n) is 1.91. The highest BCUT2D eigenvalue weighted by atomic mass is 14.9. The van der Waals surface area contributed by atoms with Crippen molar-refractivity contribution >= 4 is 0 Å². The number of rotatable bonds is 3. The normalized spacial score (nSPS) is 14.5. The second-order valence-electron chi connectivity index (χ2n) is 4.81. The summed E-state index contributed by atoms with van der Waals surface area (Å²) in [5.74, 6) is 0. The zero-order valence-electron chi connectivity index (χ0n) is 8.67. The Balaban J connectivity index is 2.38. The van der Waals surface area contributed by atoms with E-state index >= 15 is 0 Å². The lowest BCUT2D eigenvalue weighted by Crippen LogP contribution is -2.28. The summed E-state index contributed by atoms with van der Waals surface area (Å²) >= 11 is 0. The second kappa shape index (κ2) is 3.92. The van der Waals surface area contributed by atoms with Gasteiger partial charge in [-0.1, -0.05) is 20.8 Å². The molecule has 0 saturated heterocycles. The van der Waals surface area contributed by atoms with Gasteiger partial charge in [0.15, 0.2) is 0 Å². The predicted molar refractivity (Wildman–Crippen MR) is 54.3 cm³/mol. The van der Waals surface area contributed by atoms with E-state index in [0.717, 1.165) is 18.5 Å². The molecular weight excluding hydrogens is 162 g/mol. The number of nitrogens with one attached hydrogen (secondary N) is 1. The first kappa shape index (κ1) is 10.3. The monoisotopic (exact) mass is 181 g/mol. The summed E-state index contributed by atoms with van der Waals surface area (Å²) in [5, 5.41) is 0. The Bertz CT molecular complexity index is 233. The maximum atomic E-state index is 6.00. The Labute approximate surface area is 79.8 Å². The summed E-state index contributed by atoms with van der Waals surface area (Å²) in [6.45, 7) is 6.62. The topological polar surface area (TPSA) is 54.7 Å². The van der Waals surface area contributed by atoms with Gasteiger partial charge in [0, 0.05) is 24.4 Å². The van der Waals surface area contributed by atoms with E-state index in [1.54, 1.807) is 6.33 Å². The molecule has 0 aliphatic heterocycles. The van der Waals surface area contributed by atoms with Crippen LogP contribution in [0.4, 0.5) is 0 Å². The predicted octanol–water partition coefficient (Wildman–Crippen LogP) is 1.72. The highest BCUT2D eigenvalue weighted by Gasteiger charge is 2.15. The molecule has 74 valence electrons. The van der Waals surface area contributed by atoms with Crippen molar-refractivity contribution in [1.82, 2.24) is 9.97 Å². The van der Waals surface area contributed by atoms with Crippen LogP contribution < -0.4 is 5.73 Å². The molecule has 0 radical (unpaired) electrons. The molecule has 0 saturated carbocycles. The quantitative estimate of drug-likeness (QED) is 0.746. The van der Waals surface area contributed by atoms with E-state index in [0.29, 0.717) is 5.41 Å². The molecule has 1 atom stereocenters.